The maximum absolute atomic E-state index is 11.3. The van der Waals surface area contributed by atoms with Crippen LogP contribution in [0.25, 0.3) is 0 Å². The number of nitrogens with zero attached hydrogens (tertiary/aromatic N) is 2. The molecule has 0 spiro atoms. The highest BCUT2D eigenvalue weighted by Gasteiger charge is 2.64. The first-order chi connectivity index (χ1) is 8.94. The zero-order valence-corrected chi connectivity index (χ0v) is 12.0. The Hall–Kier alpha value is -1.61. The van der Waals surface area contributed by atoms with Gasteiger partial charge in [0.15, 0.2) is 0 Å². The van der Waals surface area contributed by atoms with Gasteiger partial charge in [-0.15, -0.1) is 0 Å². The topological polar surface area (TPSA) is 49.6 Å². The van der Waals surface area contributed by atoms with Crippen LogP contribution in [0.2, 0.25) is 0 Å². The van der Waals surface area contributed by atoms with Crippen molar-refractivity contribution in [1.29, 1.82) is 0 Å². The van der Waals surface area contributed by atoms with E-state index in [1.807, 2.05) is 52.5 Å². The fourth-order valence-electron chi connectivity index (χ4n) is 3.02. The molecule has 2 unspecified atom stereocenters. The van der Waals surface area contributed by atoms with E-state index in [9.17, 15) is 4.79 Å². The fraction of sp³-hybridized carbons (Fsp3) is 0.467. The Labute approximate surface area is 114 Å². The third-order valence-electron chi connectivity index (χ3n) is 3.89. The highest BCUT2D eigenvalue weighted by atomic mass is 16.1. The van der Waals surface area contributed by atoms with Gasteiger partial charge in [0.1, 0.15) is 5.94 Å². The van der Waals surface area contributed by atoms with E-state index in [2.05, 4.69) is 15.7 Å². The normalized spacial score (nSPS) is 25.8. The molecule has 0 aliphatic heterocycles. The van der Waals surface area contributed by atoms with Crippen molar-refractivity contribution in [3.05, 3.63) is 35.4 Å². The zero-order chi connectivity index (χ0) is 14.2. The molecule has 0 radical (unpaired) electrons. The lowest BCUT2D eigenvalue weighted by atomic mass is 10.00. The molecule has 19 heavy (non-hydrogen) atoms. The lowest BCUT2D eigenvalue weighted by Crippen LogP contribution is -2.32. The highest BCUT2D eigenvalue weighted by Crippen LogP contribution is 2.59. The van der Waals surface area contributed by atoms with Gasteiger partial charge in [0.25, 0.3) is 0 Å². The Bertz CT molecular complexity index is 515. The Morgan fingerprint density at radius 2 is 1.79 bits per heavy atom. The molecule has 2 rings (SSSR count). The summed E-state index contributed by atoms with van der Waals surface area (Å²) in [5.41, 5.74) is 8.10. The Kier molecular flexibility index (Phi) is 3.50. The van der Waals surface area contributed by atoms with Gasteiger partial charge in [-0.05, 0) is 45.9 Å². The lowest BCUT2D eigenvalue weighted by molar-refractivity contribution is 0.238. The number of rotatable bonds is 4. The van der Waals surface area contributed by atoms with Gasteiger partial charge in [-0.3, -0.25) is 4.90 Å². The van der Waals surface area contributed by atoms with E-state index >= 15 is 0 Å². The first-order valence-electron chi connectivity index (χ1n) is 6.38. The molecule has 1 saturated carbocycles. The molecule has 0 amide bonds. The summed E-state index contributed by atoms with van der Waals surface area (Å²) in [6.07, 6.45) is 0. The Morgan fingerprint density at radius 1 is 1.21 bits per heavy atom. The van der Waals surface area contributed by atoms with E-state index in [0.29, 0.717) is 0 Å². The van der Waals surface area contributed by atoms with Gasteiger partial charge in [-0.25, -0.2) is 4.79 Å². The van der Waals surface area contributed by atoms with Crippen molar-refractivity contribution in [3.63, 3.8) is 0 Å². The lowest BCUT2D eigenvalue weighted by Gasteiger charge is -2.26. The van der Waals surface area contributed by atoms with Gasteiger partial charge in [0.05, 0.1) is 5.54 Å². The van der Waals surface area contributed by atoms with Gasteiger partial charge in [-0.1, -0.05) is 12.1 Å². The minimum atomic E-state index is -0.320. The second-order valence-corrected chi connectivity index (χ2v) is 5.61. The molecule has 0 bridgehead atoms. The van der Waals surface area contributed by atoms with Crippen LogP contribution in [-0.4, -0.2) is 50.5 Å². The number of carbonyl (C=O) groups excluding carboxylic acids is 1. The smallest absolute Gasteiger partial charge is 0.126 e. The minimum absolute atomic E-state index is 0.193. The molecular weight excluding hydrogens is 238 g/mol. The van der Waals surface area contributed by atoms with E-state index in [1.165, 1.54) is 0 Å². The molecule has 2 N–H and O–H groups in total. The molecular formula is C15H21N3O. The number of nitrogen functional groups attached to an aromatic ring is 1. The highest BCUT2D eigenvalue weighted by molar-refractivity contribution is 5.71. The van der Waals surface area contributed by atoms with Crippen LogP contribution in [0.15, 0.2) is 29.8 Å². The molecule has 1 aliphatic rings. The predicted octanol–water partition coefficient (Wildman–Crippen LogP) is 0.975. The summed E-state index contributed by atoms with van der Waals surface area (Å²) in [6, 6.07) is 7.77. The summed E-state index contributed by atoms with van der Waals surface area (Å²) in [7, 11) is 8.04. The monoisotopic (exact) mass is 259 g/mol. The summed E-state index contributed by atoms with van der Waals surface area (Å²) in [4.78, 5) is 15.5. The van der Waals surface area contributed by atoms with Gasteiger partial charge >= 0.3 is 0 Å². The summed E-state index contributed by atoms with van der Waals surface area (Å²) in [6.45, 7) is 0.840. The summed E-state index contributed by atoms with van der Waals surface area (Å²) < 4.78 is 0. The summed E-state index contributed by atoms with van der Waals surface area (Å²) >= 11 is 0. The average molecular weight is 259 g/mol. The van der Waals surface area contributed by atoms with E-state index in [1.54, 1.807) is 0 Å². The van der Waals surface area contributed by atoms with Crippen LogP contribution in [0.1, 0.15) is 5.56 Å². The third kappa shape index (κ3) is 2.08. The fourth-order valence-corrected chi connectivity index (χ4v) is 3.02. The maximum atomic E-state index is 11.3. The number of benzene rings is 1. The number of hydrogen-bond donors (Lipinski definition) is 1. The molecule has 2 atom stereocenters. The van der Waals surface area contributed by atoms with E-state index in [-0.39, 0.29) is 11.5 Å². The van der Waals surface area contributed by atoms with E-state index in [0.717, 1.165) is 23.4 Å². The molecule has 1 aromatic carbocycles. The standard InChI is InChI=1S/C15H21N3O/c1-17(2)9-13-14(10-19)15(13,18(3)4)11-5-7-12(16)8-6-11/h5-8,13H,9,16H2,1-4H3. The molecule has 0 aromatic heterocycles. The first-order valence-corrected chi connectivity index (χ1v) is 6.38. The van der Waals surface area contributed by atoms with Crippen molar-refractivity contribution in [3.8, 4) is 0 Å². The van der Waals surface area contributed by atoms with Crippen molar-refractivity contribution in [2.45, 2.75) is 5.54 Å². The van der Waals surface area contributed by atoms with Crippen LogP contribution in [0.4, 0.5) is 5.69 Å². The van der Waals surface area contributed by atoms with Crippen LogP contribution in [0.3, 0.4) is 0 Å². The second kappa shape index (κ2) is 4.82. The Morgan fingerprint density at radius 3 is 2.21 bits per heavy atom. The van der Waals surface area contributed by atoms with Crippen LogP contribution in [0, 0.1) is 5.92 Å². The zero-order valence-electron chi connectivity index (χ0n) is 12.0. The van der Waals surface area contributed by atoms with Crippen molar-refractivity contribution < 1.29 is 4.79 Å². The largest absolute Gasteiger partial charge is 0.399 e. The van der Waals surface area contributed by atoms with Crippen molar-refractivity contribution >= 4 is 11.6 Å². The number of likely N-dealkylation sites (N-methyl/N-ethyl adjacent to an activating group) is 1. The molecule has 1 aliphatic carbocycles. The molecule has 4 heteroatoms. The SMILES string of the molecule is CN(C)CC1C(=C=O)C1(c1ccc(N)cc1)N(C)C. The second-order valence-electron chi connectivity index (χ2n) is 5.61. The molecule has 0 saturated heterocycles. The predicted molar refractivity (Wildman–Crippen MR) is 77.5 cm³/mol. The first kappa shape index (κ1) is 13.8. The maximum Gasteiger partial charge on any atom is 0.126 e. The van der Waals surface area contributed by atoms with Crippen molar-refractivity contribution in [2.24, 2.45) is 5.92 Å². The summed E-state index contributed by atoms with van der Waals surface area (Å²) in [5, 5.41) is 0. The summed E-state index contributed by atoms with van der Waals surface area (Å²) in [5.74, 6) is 2.34. The number of anilines is 1. The number of nitrogens with two attached hydrogens (primary N) is 1. The van der Waals surface area contributed by atoms with Crippen molar-refractivity contribution in [2.75, 3.05) is 40.5 Å². The average Bonchev–Trinajstić information content (AvgIpc) is 2.97. The van der Waals surface area contributed by atoms with Crippen LogP contribution < -0.4 is 5.73 Å². The van der Waals surface area contributed by atoms with E-state index in [4.69, 9.17) is 5.73 Å². The van der Waals surface area contributed by atoms with Crippen LogP contribution in [0.5, 0.6) is 0 Å². The van der Waals surface area contributed by atoms with Gasteiger partial charge < -0.3 is 10.6 Å². The molecule has 0 heterocycles. The van der Waals surface area contributed by atoms with Gasteiger partial charge in [0.2, 0.25) is 0 Å². The van der Waals surface area contributed by atoms with Gasteiger partial charge in [0, 0.05) is 23.7 Å². The van der Waals surface area contributed by atoms with Crippen LogP contribution >= 0.6 is 0 Å². The molecule has 102 valence electrons. The number of hydrogen-bond acceptors (Lipinski definition) is 4. The third-order valence-corrected chi connectivity index (χ3v) is 3.89. The molecule has 1 fully saturated rings. The van der Waals surface area contributed by atoms with Crippen molar-refractivity contribution in [1.82, 2.24) is 9.80 Å². The van der Waals surface area contributed by atoms with Crippen LogP contribution in [-0.2, 0) is 10.3 Å². The van der Waals surface area contributed by atoms with Gasteiger partial charge in [-0.2, -0.15) is 0 Å². The minimum Gasteiger partial charge on any atom is -0.399 e. The molecule has 1 aromatic rings. The Balaban J connectivity index is 2.45. The molecule has 4 nitrogen and oxygen atoms in total. The quantitative estimate of drug-likeness (QED) is 0.647. The van der Waals surface area contributed by atoms with E-state index < -0.39 is 0 Å².